The summed E-state index contributed by atoms with van der Waals surface area (Å²) in [5, 5.41) is 4.91. The number of nitrogens with zero attached hydrogens (tertiary/aromatic N) is 2. The number of nitrogens with one attached hydrogen (secondary N) is 1. The summed E-state index contributed by atoms with van der Waals surface area (Å²) in [5.41, 5.74) is 2.97. The Labute approximate surface area is 128 Å². The van der Waals surface area contributed by atoms with Gasteiger partial charge >= 0.3 is 0 Å². The van der Waals surface area contributed by atoms with Gasteiger partial charge in [0.15, 0.2) is 0 Å². The third kappa shape index (κ3) is 3.40. The summed E-state index contributed by atoms with van der Waals surface area (Å²) in [6.45, 7) is 3.60. The Morgan fingerprint density at radius 1 is 1.29 bits per heavy atom. The van der Waals surface area contributed by atoms with E-state index in [0.29, 0.717) is 17.3 Å². The van der Waals surface area contributed by atoms with Gasteiger partial charge < -0.3 is 9.73 Å². The molecule has 3 rings (SSSR count). The van der Waals surface area contributed by atoms with Crippen molar-refractivity contribution in [1.82, 2.24) is 15.3 Å². The first-order chi connectivity index (χ1) is 10.2. The van der Waals surface area contributed by atoms with Crippen LogP contribution in [0.5, 0.6) is 0 Å². The fourth-order valence-electron chi connectivity index (χ4n) is 2.24. The van der Waals surface area contributed by atoms with E-state index in [0.717, 1.165) is 29.8 Å². The van der Waals surface area contributed by atoms with Gasteiger partial charge in [0.25, 0.3) is 0 Å². The average Bonchev–Trinajstić information content (AvgIpc) is 2.87. The molecule has 21 heavy (non-hydrogen) atoms. The van der Waals surface area contributed by atoms with E-state index in [1.807, 2.05) is 24.4 Å². The third-order valence-corrected chi connectivity index (χ3v) is 3.55. The second-order valence-corrected chi connectivity index (χ2v) is 5.39. The zero-order valence-electron chi connectivity index (χ0n) is 11.8. The molecule has 0 aliphatic rings. The Bertz CT molecular complexity index is 754. The monoisotopic (exact) mass is 301 g/mol. The molecule has 0 saturated heterocycles. The smallest absolute Gasteiger partial charge is 0.226 e. The summed E-state index contributed by atoms with van der Waals surface area (Å²) in [6, 6.07) is 7.86. The van der Waals surface area contributed by atoms with Crippen LogP contribution in [0.25, 0.3) is 11.1 Å². The van der Waals surface area contributed by atoms with Crippen LogP contribution >= 0.6 is 11.6 Å². The molecule has 3 heterocycles. The summed E-state index contributed by atoms with van der Waals surface area (Å²) in [7, 11) is 0. The number of hydrogen-bond acceptors (Lipinski definition) is 4. The lowest BCUT2D eigenvalue weighted by atomic mass is 10.1. The number of aryl methyl sites for hydroxylation is 1. The highest BCUT2D eigenvalue weighted by Gasteiger charge is 2.05. The molecule has 0 aliphatic carbocycles. The SMILES string of the molecule is Cc1cccnc1CCNCc1cc2cc(Cl)cnc2o1. The van der Waals surface area contributed by atoms with E-state index < -0.39 is 0 Å². The van der Waals surface area contributed by atoms with E-state index in [1.54, 1.807) is 6.20 Å². The van der Waals surface area contributed by atoms with E-state index in [1.165, 1.54) is 5.56 Å². The second-order valence-electron chi connectivity index (χ2n) is 4.95. The van der Waals surface area contributed by atoms with Crippen LogP contribution in [-0.4, -0.2) is 16.5 Å². The van der Waals surface area contributed by atoms with Crippen LogP contribution in [0, 0.1) is 6.92 Å². The summed E-state index contributed by atoms with van der Waals surface area (Å²) in [6.07, 6.45) is 4.32. The van der Waals surface area contributed by atoms with Gasteiger partial charge in [0, 0.05) is 36.4 Å². The molecule has 108 valence electrons. The van der Waals surface area contributed by atoms with Crippen molar-refractivity contribution in [2.45, 2.75) is 19.9 Å². The lowest BCUT2D eigenvalue weighted by Gasteiger charge is -2.04. The van der Waals surface area contributed by atoms with Gasteiger partial charge in [0.2, 0.25) is 5.71 Å². The quantitative estimate of drug-likeness (QED) is 0.733. The predicted molar refractivity (Wildman–Crippen MR) is 83.4 cm³/mol. The number of aromatic nitrogens is 2. The standard InChI is InChI=1S/C16H16ClN3O/c1-11-3-2-5-19-15(11)4-6-18-10-14-8-12-7-13(17)9-20-16(12)21-14/h2-3,5,7-9,18H,4,6,10H2,1H3. The normalized spacial score (nSPS) is 11.1. The van der Waals surface area contributed by atoms with Crippen LogP contribution in [0.3, 0.4) is 0 Å². The number of fused-ring (bicyclic) bond motifs is 1. The summed E-state index contributed by atoms with van der Waals surface area (Å²) < 4.78 is 5.65. The van der Waals surface area contributed by atoms with Crippen LogP contribution in [0.4, 0.5) is 0 Å². The zero-order valence-corrected chi connectivity index (χ0v) is 12.5. The van der Waals surface area contributed by atoms with E-state index >= 15 is 0 Å². The Morgan fingerprint density at radius 2 is 2.19 bits per heavy atom. The molecule has 0 radical (unpaired) electrons. The fraction of sp³-hybridized carbons (Fsp3) is 0.250. The molecule has 0 atom stereocenters. The molecule has 0 aliphatic heterocycles. The van der Waals surface area contributed by atoms with Crippen LogP contribution in [-0.2, 0) is 13.0 Å². The van der Waals surface area contributed by atoms with E-state index in [2.05, 4.69) is 28.3 Å². The highest BCUT2D eigenvalue weighted by molar-refractivity contribution is 6.31. The van der Waals surface area contributed by atoms with E-state index in [-0.39, 0.29) is 0 Å². The Kier molecular flexibility index (Phi) is 4.18. The molecule has 3 aromatic rings. The summed E-state index contributed by atoms with van der Waals surface area (Å²) >= 11 is 5.91. The molecular formula is C16H16ClN3O. The predicted octanol–water partition coefficient (Wildman–Crippen LogP) is 3.52. The van der Waals surface area contributed by atoms with Crippen molar-refractivity contribution in [2.24, 2.45) is 0 Å². The number of hydrogen-bond donors (Lipinski definition) is 1. The Hall–Kier alpha value is -1.91. The maximum atomic E-state index is 5.91. The summed E-state index contributed by atoms with van der Waals surface area (Å²) in [4.78, 5) is 8.53. The fourth-order valence-corrected chi connectivity index (χ4v) is 2.41. The maximum Gasteiger partial charge on any atom is 0.226 e. The van der Waals surface area contributed by atoms with Crippen molar-refractivity contribution in [1.29, 1.82) is 0 Å². The number of rotatable bonds is 5. The lowest BCUT2D eigenvalue weighted by molar-refractivity contribution is 0.507. The molecular weight excluding hydrogens is 286 g/mol. The van der Waals surface area contributed by atoms with Crippen LogP contribution in [0.2, 0.25) is 5.02 Å². The number of pyridine rings is 2. The van der Waals surface area contributed by atoms with Gasteiger partial charge in [-0.25, -0.2) is 4.98 Å². The molecule has 0 unspecified atom stereocenters. The van der Waals surface area contributed by atoms with Crippen molar-refractivity contribution < 1.29 is 4.42 Å². The number of furan rings is 1. The zero-order chi connectivity index (χ0) is 14.7. The molecule has 0 spiro atoms. The Balaban J connectivity index is 1.56. The molecule has 0 bridgehead atoms. The molecule has 3 aromatic heterocycles. The Morgan fingerprint density at radius 3 is 3.05 bits per heavy atom. The van der Waals surface area contributed by atoms with Crippen molar-refractivity contribution in [3.8, 4) is 0 Å². The van der Waals surface area contributed by atoms with Crippen molar-refractivity contribution in [3.05, 3.63) is 58.7 Å². The van der Waals surface area contributed by atoms with Crippen LogP contribution < -0.4 is 5.32 Å². The van der Waals surface area contributed by atoms with Gasteiger partial charge in [-0.2, -0.15) is 0 Å². The van der Waals surface area contributed by atoms with Gasteiger partial charge in [0.1, 0.15) is 5.76 Å². The topological polar surface area (TPSA) is 51.0 Å². The van der Waals surface area contributed by atoms with Crippen molar-refractivity contribution in [3.63, 3.8) is 0 Å². The molecule has 0 aromatic carbocycles. The van der Waals surface area contributed by atoms with Gasteiger partial charge in [-0.05, 0) is 30.7 Å². The molecule has 1 N–H and O–H groups in total. The first kappa shape index (κ1) is 14.0. The second kappa shape index (κ2) is 6.24. The molecule has 0 saturated carbocycles. The molecule has 4 nitrogen and oxygen atoms in total. The van der Waals surface area contributed by atoms with Crippen LogP contribution in [0.1, 0.15) is 17.0 Å². The highest BCUT2D eigenvalue weighted by Crippen LogP contribution is 2.20. The van der Waals surface area contributed by atoms with E-state index in [9.17, 15) is 0 Å². The van der Waals surface area contributed by atoms with Gasteiger partial charge in [-0.15, -0.1) is 0 Å². The highest BCUT2D eigenvalue weighted by atomic mass is 35.5. The lowest BCUT2D eigenvalue weighted by Crippen LogP contribution is -2.17. The van der Waals surface area contributed by atoms with Gasteiger partial charge in [-0.3, -0.25) is 4.98 Å². The minimum atomic E-state index is 0.619. The first-order valence-corrected chi connectivity index (χ1v) is 7.25. The van der Waals surface area contributed by atoms with Crippen molar-refractivity contribution in [2.75, 3.05) is 6.54 Å². The first-order valence-electron chi connectivity index (χ1n) is 6.87. The molecule has 5 heteroatoms. The number of halogens is 1. The maximum absolute atomic E-state index is 5.91. The minimum absolute atomic E-state index is 0.619. The van der Waals surface area contributed by atoms with Crippen LogP contribution in [0.15, 0.2) is 41.1 Å². The largest absolute Gasteiger partial charge is 0.441 e. The average molecular weight is 302 g/mol. The minimum Gasteiger partial charge on any atom is -0.441 e. The van der Waals surface area contributed by atoms with Crippen molar-refractivity contribution >= 4 is 22.7 Å². The van der Waals surface area contributed by atoms with Gasteiger partial charge in [0.05, 0.1) is 11.6 Å². The van der Waals surface area contributed by atoms with Gasteiger partial charge in [-0.1, -0.05) is 17.7 Å². The summed E-state index contributed by atoms with van der Waals surface area (Å²) in [5.74, 6) is 0.859. The van der Waals surface area contributed by atoms with E-state index in [4.69, 9.17) is 16.0 Å². The molecule has 0 fully saturated rings. The third-order valence-electron chi connectivity index (χ3n) is 3.35. The molecule has 0 amide bonds.